The number of carbonyl (C=O) groups excluding carboxylic acids is 2. The molecular formula is C28H30N2O3. The maximum atomic E-state index is 13.9. The smallest absolute Gasteiger partial charge is 0.266 e. The molecule has 33 heavy (non-hydrogen) atoms. The van der Waals surface area contributed by atoms with Crippen molar-refractivity contribution >= 4 is 34.0 Å². The number of imide groups is 1. The minimum absolute atomic E-state index is 0.181. The van der Waals surface area contributed by atoms with Gasteiger partial charge in [0.25, 0.3) is 11.8 Å². The van der Waals surface area contributed by atoms with Gasteiger partial charge in [-0.2, -0.15) is 0 Å². The fourth-order valence-electron chi connectivity index (χ4n) is 5.13. The van der Waals surface area contributed by atoms with Gasteiger partial charge in [-0.05, 0) is 41.2 Å². The van der Waals surface area contributed by atoms with Crippen molar-refractivity contribution in [3.05, 3.63) is 70.8 Å². The maximum absolute atomic E-state index is 13.9. The molecule has 0 aromatic heterocycles. The third-order valence-electron chi connectivity index (χ3n) is 6.80. The lowest BCUT2D eigenvalue weighted by atomic mass is 9.88. The highest BCUT2D eigenvalue weighted by Crippen LogP contribution is 2.42. The summed E-state index contributed by atoms with van der Waals surface area (Å²) in [5.41, 5.74) is 5.01. The maximum Gasteiger partial charge on any atom is 0.266 e. The van der Waals surface area contributed by atoms with Crippen LogP contribution in [0.5, 0.6) is 0 Å². The first-order valence-corrected chi connectivity index (χ1v) is 11.8. The Labute approximate surface area is 194 Å². The van der Waals surface area contributed by atoms with E-state index in [2.05, 4.69) is 32.6 Å². The first-order chi connectivity index (χ1) is 15.9. The molecular weight excluding hydrogens is 412 g/mol. The van der Waals surface area contributed by atoms with Gasteiger partial charge in [-0.25, -0.2) is 4.90 Å². The van der Waals surface area contributed by atoms with Crippen LogP contribution in [0.3, 0.4) is 0 Å². The van der Waals surface area contributed by atoms with Crippen molar-refractivity contribution in [1.82, 2.24) is 0 Å². The summed E-state index contributed by atoms with van der Waals surface area (Å²) >= 11 is 0. The molecule has 1 saturated heterocycles. The molecule has 0 saturated carbocycles. The Balaban J connectivity index is 1.72. The molecule has 2 aliphatic heterocycles. The van der Waals surface area contributed by atoms with Crippen molar-refractivity contribution in [1.29, 1.82) is 0 Å². The van der Waals surface area contributed by atoms with Crippen LogP contribution >= 0.6 is 0 Å². The fourth-order valence-corrected chi connectivity index (χ4v) is 5.13. The average molecular weight is 443 g/mol. The standard InChI is InChI=1S/C28H30N2O3/c1-17(2)19-7-5-8-20(18(3)4)26(19)30-27(31)22-10-6-9-21-24(29-13-15-33-16-14-29)12-11-23(25(21)22)28(30)32/h5-12,17-18H,13-16H2,1-4H3. The fraction of sp³-hybridized carbons (Fsp3) is 0.357. The molecule has 5 nitrogen and oxygen atoms in total. The quantitative estimate of drug-likeness (QED) is 0.485. The third kappa shape index (κ3) is 3.42. The third-order valence-corrected chi connectivity index (χ3v) is 6.80. The molecule has 0 N–H and O–H groups in total. The average Bonchev–Trinajstić information content (AvgIpc) is 2.82. The van der Waals surface area contributed by atoms with Gasteiger partial charge in [-0.1, -0.05) is 58.0 Å². The predicted octanol–water partition coefficient (Wildman–Crippen LogP) is 5.72. The second-order valence-corrected chi connectivity index (χ2v) is 9.50. The molecule has 1 fully saturated rings. The van der Waals surface area contributed by atoms with Gasteiger partial charge in [-0.15, -0.1) is 0 Å². The number of hydrogen-bond donors (Lipinski definition) is 0. The summed E-state index contributed by atoms with van der Waals surface area (Å²) in [5, 5.41) is 1.72. The number of carbonyl (C=O) groups is 2. The summed E-state index contributed by atoms with van der Waals surface area (Å²) in [4.78, 5) is 31.5. The summed E-state index contributed by atoms with van der Waals surface area (Å²) in [6.07, 6.45) is 0. The monoisotopic (exact) mass is 442 g/mol. The van der Waals surface area contributed by atoms with Gasteiger partial charge < -0.3 is 9.64 Å². The Kier molecular flexibility index (Phi) is 5.45. The van der Waals surface area contributed by atoms with E-state index in [1.807, 2.05) is 48.5 Å². The highest BCUT2D eigenvalue weighted by atomic mass is 16.5. The van der Waals surface area contributed by atoms with Crippen LogP contribution < -0.4 is 9.80 Å². The number of para-hydroxylation sites is 1. The molecule has 2 heterocycles. The molecule has 0 spiro atoms. The zero-order valence-corrected chi connectivity index (χ0v) is 19.7. The second-order valence-electron chi connectivity index (χ2n) is 9.50. The topological polar surface area (TPSA) is 49.9 Å². The van der Waals surface area contributed by atoms with Crippen LogP contribution in [0.15, 0.2) is 48.5 Å². The highest BCUT2D eigenvalue weighted by Gasteiger charge is 2.37. The number of hydrogen-bond acceptors (Lipinski definition) is 4. The van der Waals surface area contributed by atoms with Gasteiger partial charge in [0.2, 0.25) is 0 Å². The number of anilines is 2. The van der Waals surface area contributed by atoms with Crippen LogP contribution in [0.1, 0.15) is 71.4 Å². The molecule has 0 bridgehead atoms. The predicted molar refractivity (Wildman–Crippen MR) is 133 cm³/mol. The lowest BCUT2D eigenvalue weighted by Gasteiger charge is -2.34. The van der Waals surface area contributed by atoms with Gasteiger partial charge in [0.1, 0.15) is 0 Å². The number of benzene rings is 3. The molecule has 3 aromatic carbocycles. The van der Waals surface area contributed by atoms with Crippen molar-refractivity contribution in [3.63, 3.8) is 0 Å². The zero-order chi connectivity index (χ0) is 23.3. The van der Waals surface area contributed by atoms with Crippen molar-refractivity contribution in [2.24, 2.45) is 0 Å². The van der Waals surface area contributed by atoms with E-state index in [9.17, 15) is 9.59 Å². The van der Waals surface area contributed by atoms with Crippen molar-refractivity contribution < 1.29 is 14.3 Å². The van der Waals surface area contributed by atoms with Crippen LogP contribution in [-0.2, 0) is 4.74 Å². The summed E-state index contributed by atoms with van der Waals surface area (Å²) in [7, 11) is 0. The molecule has 2 amide bonds. The van der Waals surface area contributed by atoms with Crippen LogP contribution in [0.25, 0.3) is 10.8 Å². The Morgan fingerprint density at radius 2 is 1.33 bits per heavy atom. The van der Waals surface area contributed by atoms with Crippen molar-refractivity contribution in [3.8, 4) is 0 Å². The van der Waals surface area contributed by atoms with Crippen LogP contribution in [0, 0.1) is 0 Å². The summed E-state index contributed by atoms with van der Waals surface area (Å²) < 4.78 is 5.51. The summed E-state index contributed by atoms with van der Waals surface area (Å²) in [6, 6.07) is 15.8. The first-order valence-electron chi connectivity index (χ1n) is 11.8. The molecule has 0 aliphatic carbocycles. The van der Waals surface area contributed by atoms with Gasteiger partial charge in [0, 0.05) is 40.7 Å². The highest BCUT2D eigenvalue weighted by molar-refractivity contribution is 6.36. The number of ether oxygens (including phenoxy) is 1. The van der Waals surface area contributed by atoms with Crippen LogP contribution in [-0.4, -0.2) is 38.1 Å². The number of morpholine rings is 1. The van der Waals surface area contributed by atoms with Crippen molar-refractivity contribution in [2.45, 2.75) is 39.5 Å². The van der Waals surface area contributed by atoms with Gasteiger partial charge in [-0.3, -0.25) is 9.59 Å². The minimum Gasteiger partial charge on any atom is -0.378 e. The van der Waals surface area contributed by atoms with Crippen LogP contribution in [0.2, 0.25) is 0 Å². The van der Waals surface area contributed by atoms with E-state index in [0.717, 1.165) is 46.4 Å². The van der Waals surface area contributed by atoms with E-state index < -0.39 is 0 Å². The minimum atomic E-state index is -0.243. The molecule has 3 aromatic rings. The summed E-state index contributed by atoms with van der Waals surface area (Å²) in [5.74, 6) is -0.125. The molecule has 0 unspecified atom stereocenters. The molecule has 2 aliphatic rings. The normalized spacial score (nSPS) is 16.4. The van der Waals surface area contributed by atoms with Gasteiger partial charge >= 0.3 is 0 Å². The number of rotatable bonds is 4. The largest absolute Gasteiger partial charge is 0.378 e. The van der Waals surface area contributed by atoms with E-state index in [0.29, 0.717) is 24.3 Å². The molecule has 0 radical (unpaired) electrons. The van der Waals surface area contributed by atoms with E-state index in [1.54, 1.807) is 0 Å². The molecule has 170 valence electrons. The van der Waals surface area contributed by atoms with Gasteiger partial charge in [0.15, 0.2) is 0 Å². The van der Waals surface area contributed by atoms with Gasteiger partial charge in [0.05, 0.1) is 18.9 Å². The zero-order valence-electron chi connectivity index (χ0n) is 19.7. The van der Waals surface area contributed by atoms with E-state index in [-0.39, 0.29) is 23.7 Å². The second kappa shape index (κ2) is 8.31. The Bertz CT molecular complexity index is 1210. The first kappa shape index (κ1) is 21.7. The number of amides is 2. The van der Waals surface area contributed by atoms with Crippen molar-refractivity contribution in [2.75, 3.05) is 36.1 Å². The van der Waals surface area contributed by atoms with E-state index in [1.165, 1.54) is 4.90 Å². The lowest BCUT2D eigenvalue weighted by Crippen LogP contribution is -2.42. The Morgan fingerprint density at radius 1 is 0.758 bits per heavy atom. The van der Waals surface area contributed by atoms with Crippen LogP contribution in [0.4, 0.5) is 11.4 Å². The molecule has 5 heteroatoms. The Morgan fingerprint density at radius 3 is 1.94 bits per heavy atom. The van der Waals surface area contributed by atoms with E-state index in [4.69, 9.17) is 4.74 Å². The summed E-state index contributed by atoms with van der Waals surface area (Å²) in [6.45, 7) is 11.4. The Hall–Kier alpha value is -3.18. The molecule has 0 atom stereocenters. The SMILES string of the molecule is CC(C)c1cccc(C(C)C)c1N1C(=O)c2cccc3c(N4CCOCC4)ccc(c23)C1=O. The van der Waals surface area contributed by atoms with E-state index >= 15 is 0 Å². The molecule has 5 rings (SSSR count). The lowest BCUT2D eigenvalue weighted by molar-refractivity contribution is 0.0892. The number of nitrogens with zero attached hydrogens (tertiary/aromatic N) is 2.